The number of aryl methyl sites for hydroxylation is 1. The second-order valence-electron chi connectivity index (χ2n) is 6.40. The molecule has 0 bridgehead atoms. The molecule has 3 rings (SSSR count). The first kappa shape index (κ1) is 13.6. The summed E-state index contributed by atoms with van der Waals surface area (Å²) < 4.78 is 0. The molecule has 0 unspecified atom stereocenters. The molecule has 3 nitrogen and oxygen atoms in total. The first-order chi connectivity index (χ1) is 9.71. The van der Waals surface area contributed by atoms with Crippen LogP contribution in [0.2, 0.25) is 0 Å². The number of benzene rings is 1. The number of amides is 1. The quantitative estimate of drug-likeness (QED) is 0.887. The monoisotopic (exact) mass is 272 g/mol. The van der Waals surface area contributed by atoms with E-state index in [9.17, 15) is 4.79 Å². The molecule has 1 aliphatic heterocycles. The van der Waals surface area contributed by atoms with E-state index in [-0.39, 0.29) is 11.3 Å². The van der Waals surface area contributed by atoms with Gasteiger partial charge in [0.25, 0.3) is 0 Å². The van der Waals surface area contributed by atoms with E-state index in [0.717, 1.165) is 19.5 Å². The van der Waals surface area contributed by atoms with Gasteiger partial charge in [-0.2, -0.15) is 0 Å². The third-order valence-corrected chi connectivity index (χ3v) is 5.06. The van der Waals surface area contributed by atoms with E-state index in [4.69, 9.17) is 0 Å². The molecule has 1 amide bonds. The summed E-state index contributed by atoms with van der Waals surface area (Å²) in [6.45, 7) is 4.60. The molecule has 0 radical (unpaired) electrons. The van der Waals surface area contributed by atoms with Crippen molar-refractivity contribution in [2.45, 2.75) is 39.2 Å². The molecule has 2 atom stereocenters. The summed E-state index contributed by atoms with van der Waals surface area (Å²) >= 11 is 0. The Kier molecular flexibility index (Phi) is 3.79. The fourth-order valence-corrected chi connectivity index (χ4v) is 3.75. The Labute approximate surface area is 121 Å². The molecule has 2 N–H and O–H groups in total. The summed E-state index contributed by atoms with van der Waals surface area (Å²) in [6, 6.07) is 8.39. The van der Waals surface area contributed by atoms with Gasteiger partial charge in [-0.25, -0.2) is 0 Å². The van der Waals surface area contributed by atoms with Crippen LogP contribution in [0.1, 0.15) is 36.8 Å². The van der Waals surface area contributed by atoms with E-state index in [0.29, 0.717) is 12.5 Å². The fourth-order valence-electron chi connectivity index (χ4n) is 3.75. The van der Waals surface area contributed by atoms with Gasteiger partial charge in [-0.3, -0.25) is 4.79 Å². The third-order valence-electron chi connectivity index (χ3n) is 5.06. The lowest BCUT2D eigenvalue weighted by molar-refractivity contribution is -0.134. The highest BCUT2D eigenvalue weighted by Gasteiger charge is 2.49. The van der Waals surface area contributed by atoms with Crippen molar-refractivity contribution >= 4 is 5.91 Å². The summed E-state index contributed by atoms with van der Waals surface area (Å²) in [5.74, 6) is 0.794. The molecule has 20 heavy (non-hydrogen) atoms. The molecule has 1 heterocycles. The van der Waals surface area contributed by atoms with Crippen LogP contribution in [0.5, 0.6) is 0 Å². The van der Waals surface area contributed by atoms with Gasteiger partial charge in [-0.05, 0) is 37.8 Å². The zero-order valence-electron chi connectivity index (χ0n) is 12.2. The van der Waals surface area contributed by atoms with Gasteiger partial charge >= 0.3 is 0 Å². The maximum atomic E-state index is 12.7. The smallest absolute Gasteiger partial charge is 0.228 e. The van der Waals surface area contributed by atoms with Crippen molar-refractivity contribution in [3.05, 3.63) is 35.4 Å². The number of hydrogen-bond acceptors (Lipinski definition) is 2. The van der Waals surface area contributed by atoms with Crippen LogP contribution in [0, 0.1) is 18.3 Å². The zero-order valence-corrected chi connectivity index (χ0v) is 12.2. The van der Waals surface area contributed by atoms with Crippen LogP contribution in [0.3, 0.4) is 0 Å². The van der Waals surface area contributed by atoms with E-state index in [1.165, 1.54) is 30.4 Å². The maximum Gasteiger partial charge on any atom is 0.228 e. The molecule has 1 saturated heterocycles. The van der Waals surface area contributed by atoms with Gasteiger partial charge in [-0.15, -0.1) is 0 Å². The van der Waals surface area contributed by atoms with Crippen molar-refractivity contribution < 1.29 is 4.79 Å². The number of fused-ring (bicyclic) bond motifs is 1. The summed E-state index contributed by atoms with van der Waals surface area (Å²) in [5, 5.41) is 6.60. The zero-order chi connectivity index (χ0) is 14.0. The lowest BCUT2D eigenvalue weighted by Gasteiger charge is -2.37. The van der Waals surface area contributed by atoms with Gasteiger partial charge in [0.2, 0.25) is 5.91 Å². The molecule has 0 aromatic heterocycles. The lowest BCUT2D eigenvalue weighted by atomic mass is 9.67. The largest absolute Gasteiger partial charge is 0.351 e. The van der Waals surface area contributed by atoms with Crippen molar-refractivity contribution in [2.24, 2.45) is 11.3 Å². The topological polar surface area (TPSA) is 41.1 Å². The van der Waals surface area contributed by atoms with Gasteiger partial charge in [0, 0.05) is 13.1 Å². The standard InChI is InChI=1S/C17H24N2O/c1-13-5-7-14(8-6-13)10-19-16(20)17-9-3-2-4-15(17)11-18-12-17/h5-8,15,18H,2-4,9-12H2,1H3,(H,19,20)/t15-,17+/m0/s1. The first-order valence-corrected chi connectivity index (χ1v) is 7.75. The molecule has 108 valence electrons. The van der Waals surface area contributed by atoms with Gasteiger partial charge in [0.1, 0.15) is 0 Å². The highest BCUT2D eigenvalue weighted by Crippen LogP contribution is 2.43. The van der Waals surface area contributed by atoms with Crippen LogP contribution in [-0.4, -0.2) is 19.0 Å². The highest BCUT2D eigenvalue weighted by atomic mass is 16.2. The number of hydrogen-bond donors (Lipinski definition) is 2. The predicted molar refractivity (Wildman–Crippen MR) is 80.3 cm³/mol. The van der Waals surface area contributed by atoms with E-state index >= 15 is 0 Å². The minimum atomic E-state index is -0.136. The SMILES string of the molecule is Cc1ccc(CNC(=O)[C@@]23CCCC[C@H]2CNC3)cc1. The van der Waals surface area contributed by atoms with E-state index in [2.05, 4.69) is 41.8 Å². The lowest BCUT2D eigenvalue weighted by Crippen LogP contribution is -2.47. The van der Waals surface area contributed by atoms with E-state index in [1.54, 1.807) is 0 Å². The predicted octanol–water partition coefficient (Wildman–Crippen LogP) is 2.39. The van der Waals surface area contributed by atoms with Crippen molar-refractivity contribution in [3.8, 4) is 0 Å². The third kappa shape index (κ3) is 2.47. The average molecular weight is 272 g/mol. The maximum absolute atomic E-state index is 12.7. The van der Waals surface area contributed by atoms with E-state index in [1.807, 2.05) is 0 Å². The molecular formula is C17H24N2O. The summed E-state index contributed by atoms with van der Waals surface area (Å²) in [4.78, 5) is 12.7. The van der Waals surface area contributed by atoms with Gasteiger partial charge < -0.3 is 10.6 Å². The van der Waals surface area contributed by atoms with Crippen LogP contribution in [0.15, 0.2) is 24.3 Å². The minimum absolute atomic E-state index is 0.136. The second kappa shape index (κ2) is 5.57. The Morgan fingerprint density at radius 1 is 1.35 bits per heavy atom. The average Bonchev–Trinajstić information content (AvgIpc) is 2.91. The Bertz CT molecular complexity index is 482. The van der Waals surface area contributed by atoms with Crippen molar-refractivity contribution in [2.75, 3.05) is 13.1 Å². The molecule has 1 aromatic carbocycles. The first-order valence-electron chi connectivity index (χ1n) is 7.75. The van der Waals surface area contributed by atoms with Crippen molar-refractivity contribution in [3.63, 3.8) is 0 Å². The summed E-state index contributed by atoms with van der Waals surface area (Å²) in [6.07, 6.45) is 4.71. The highest BCUT2D eigenvalue weighted by molar-refractivity contribution is 5.83. The van der Waals surface area contributed by atoms with Gasteiger partial charge in [-0.1, -0.05) is 42.7 Å². The van der Waals surface area contributed by atoms with Crippen LogP contribution < -0.4 is 10.6 Å². The molecule has 2 aliphatic rings. The van der Waals surface area contributed by atoms with E-state index < -0.39 is 0 Å². The summed E-state index contributed by atoms with van der Waals surface area (Å²) in [5.41, 5.74) is 2.30. The van der Waals surface area contributed by atoms with Crippen LogP contribution in [-0.2, 0) is 11.3 Å². The van der Waals surface area contributed by atoms with Crippen LogP contribution >= 0.6 is 0 Å². The molecule has 1 aliphatic carbocycles. The molecule has 1 saturated carbocycles. The number of carbonyl (C=O) groups excluding carboxylic acids is 1. The van der Waals surface area contributed by atoms with Crippen LogP contribution in [0.25, 0.3) is 0 Å². The summed E-state index contributed by atoms with van der Waals surface area (Å²) in [7, 11) is 0. The minimum Gasteiger partial charge on any atom is -0.351 e. The number of rotatable bonds is 3. The fraction of sp³-hybridized carbons (Fsp3) is 0.588. The normalized spacial score (nSPS) is 28.9. The molecular weight excluding hydrogens is 248 g/mol. The Balaban J connectivity index is 1.65. The van der Waals surface area contributed by atoms with Crippen molar-refractivity contribution in [1.29, 1.82) is 0 Å². The second-order valence-corrected chi connectivity index (χ2v) is 6.40. The Hall–Kier alpha value is -1.35. The molecule has 1 aromatic rings. The molecule has 2 fully saturated rings. The molecule has 3 heteroatoms. The molecule has 0 spiro atoms. The van der Waals surface area contributed by atoms with Crippen molar-refractivity contribution in [1.82, 2.24) is 10.6 Å². The number of carbonyl (C=O) groups is 1. The Morgan fingerprint density at radius 3 is 2.95 bits per heavy atom. The van der Waals surface area contributed by atoms with Crippen LogP contribution in [0.4, 0.5) is 0 Å². The Morgan fingerprint density at radius 2 is 2.15 bits per heavy atom. The van der Waals surface area contributed by atoms with Gasteiger partial charge in [0.05, 0.1) is 5.41 Å². The van der Waals surface area contributed by atoms with Gasteiger partial charge in [0.15, 0.2) is 0 Å². The number of nitrogens with one attached hydrogen (secondary N) is 2.